The first-order valence-corrected chi connectivity index (χ1v) is 11.6. The van der Waals surface area contributed by atoms with Crippen molar-refractivity contribution in [3.63, 3.8) is 0 Å². The van der Waals surface area contributed by atoms with Gasteiger partial charge in [0.1, 0.15) is 11.9 Å². The van der Waals surface area contributed by atoms with Crippen LogP contribution >= 0.6 is 0 Å². The maximum atomic E-state index is 13.0. The van der Waals surface area contributed by atoms with Crippen molar-refractivity contribution in [3.05, 3.63) is 30.1 Å². The molecule has 0 radical (unpaired) electrons. The molecule has 0 unspecified atom stereocenters. The zero-order valence-electron chi connectivity index (χ0n) is 16.4. The van der Waals surface area contributed by atoms with Gasteiger partial charge >= 0.3 is 5.97 Å². The Morgan fingerprint density at radius 1 is 1.10 bits per heavy atom. The van der Waals surface area contributed by atoms with Gasteiger partial charge in [0.2, 0.25) is 10.0 Å². The summed E-state index contributed by atoms with van der Waals surface area (Å²) in [6.07, 6.45) is 6.32. The van der Waals surface area contributed by atoms with Crippen molar-refractivity contribution in [1.82, 2.24) is 4.72 Å². The lowest BCUT2D eigenvalue weighted by Crippen LogP contribution is -2.51. The molecule has 158 valence electrons. The molecule has 29 heavy (non-hydrogen) atoms. The molecular formula is C21H26FNO5S. The number of hydrogen-bond donors (Lipinski definition) is 1. The van der Waals surface area contributed by atoms with Crippen LogP contribution in [0.2, 0.25) is 0 Å². The van der Waals surface area contributed by atoms with Gasteiger partial charge in [0.05, 0.1) is 4.90 Å². The van der Waals surface area contributed by atoms with Gasteiger partial charge in [0, 0.05) is 5.41 Å². The Morgan fingerprint density at radius 2 is 1.62 bits per heavy atom. The van der Waals surface area contributed by atoms with Gasteiger partial charge in [0.15, 0.2) is 12.4 Å². The molecule has 8 heteroatoms. The third kappa shape index (κ3) is 4.10. The number of hydrogen-bond acceptors (Lipinski definition) is 5. The van der Waals surface area contributed by atoms with Gasteiger partial charge in [-0.05, 0) is 87.5 Å². The van der Waals surface area contributed by atoms with E-state index in [-0.39, 0.29) is 22.7 Å². The second kappa shape index (κ2) is 7.47. The molecule has 4 fully saturated rings. The lowest BCUT2D eigenvalue weighted by atomic mass is 9.48. The van der Waals surface area contributed by atoms with E-state index in [1.54, 1.807) is 0 Å². The molecule has 0 aliphatic heterocycles. The molecule has 1 aromatic rings. The predicted molar refractivity (Wildman–Crippen MR) is 103 cm³/mol. The van der Waals surface area contributed by atoms with E-state index in [4.69, 9.17) is 4.74 Å². The van der Waals surface area contributed by atoms with Crippen LogP contribution in [0.4, 0.5) is 4.39 Å². The van der Waals surface area contributed by atoms with Crippen molar-refractivity contribution in [2.75, 3.05) is 6.61 Å². The van der Waals surface area contributed by atoms with Crippen molar-refractivity contribution in [1.29, 1.82) is 0 Å². The lowest BCUT2D eigenvalue weighted by molar-refractivity contribution is -0.158. The Kier molecular flexibility index (Phi) is 5.27. The topological polar surface area (TPSA) is 89.5 Å². The molecule has 1 atom stereocenters. The van der Waals surface area contributed by atoms with Crippen LogP contribution in [0.25, 0.3) is 0 Å². The van der Waals surface area contributed by atoms with E-state index >= 15 is 0 Å². The van der Waals surface area contributed by atoms with E-state index < -0.39 is 27.9 Å². The van der Waals surface area contributed by atoms with Crippen LogP contribution in [0.5, 0.6) is 0 Å². The summed E-state index contributed by atoms with van der Waals surface area (Å²) in [5.74, 6) is 0.457. The third-order valence-electron chi connectivity index (χ3n) is 6.78. The molecule has 5 rings (SSSR count). The molecule has 0 heterocycles. The third-order valence-corrected chi connectivity index (χ3v) is 8.34. The van der Waals surface area contributed by atoms with Gasteiger partial charge in [0.25, 0.3) is 0 Å². The van der Waals surface area contributed by atoms with E-state index in [1.165, 1.54) is 26.2 Å². The SMILES string of the molecule is C[C@H](NS(=O)(=O)c1ccc(F)cc1)C(=O)OCC(=O)C12CC3CC(CC(C3)C1)C2. The smallest absolute Gasteiger partial charge is 0.324 e. The molecule has 0 spiro atoms. The number of sulfonamides is 1. The number of Topliss-reactive ketones (excluding diaryl/α,β-unsaturated/α-hetero) is 1. The van der Waals surface area contributed by atoms with Gasteiger partial charge in [-0.2, -0.15) is 4.72 Å². The van der Waals surface area contributed by atoms with Crippen LogP contribution < -0.4 is 4.72 Å². The Balaban J connectivity index is 1.33. The fraction of sp³-hybridized carbons (Fsp3) is 0.619. The van der Waals surface area contributed by atoms with Crippen LogP contribution in [-0.4, -0.2) is 32.8 Å². The van der Waals surface area contributed by atoms with E-state index in [0.29, 0.717) is 17.8 Å². The molecule has 4 bridgehead atoms. The van der Waals surface area contributed by atoms with Crippen molar-refractivity contribution < 1.29 is 27.1 Å². The zero-order chi connectivity index (χ0) is 20.8. The molecule has 4 aliphatic rings. The summed E-state index contributed by atoms with van der Waals surface area (Å²) in [5.41, 5.74) is -0.355. The monoisotopic (exact) mass is 423 g/mol. The highest BCUT2D eigenvalue weighted by Gasteiger charge is 2.54. The molecule has 0 aromatic heterocycles. The Bertz CT molecular complexity index is 876. The fourth-order valence-corrected chi connectivity index (χ4v) is 7.02. The Morgan fingerprint density at radius 3 is 2.14 bits per heavy atom. The second-order valence-electron chi connectivity index (χ2n) is 9.03. The first kappa shape index (κ1) is 20.5. The van der Waals surface area contributed by atoms with Crippen molar-refractivity contribution in [3.8, 4) is 0 Å². The average Bonchev–Trinajstić information content (AvgIpc) is 2.64. The summed E-state index contributed by atoms with van der Waals surface area (Å²) >= 11 is 0. The van der Waals surface area contributed by atoms with Crippen LogP contribution in [-0.2, 0) is 24.3 Å². The fourth-order valence-electron chi connectivity index (χ4n) is 5.83. The number of halogens is 1. The maximum absolute atomic E-state index is 13.0. The summed E-state index contributed by atoms with van der Waals surface area (Å²) < 4.78 is 45.0. The molecule has 4 saturated carbocycles. The molecule has 1 N–H and O–H groups in total. The molecular weight excluding hydrogens is 397 g/mol. The first-order chi connectivity index (χ1) is 13.7. The first-order valence-electron chi connectivity index (χ1n) is 10.1. The summed E-state index contributed by atoms with van der Waals surface area (Å²) in [5, 5.41) is 0. The molecule has 4 aliphatic carbocycles. The zero-order valence-corrected chi connectivity index (χ0v) is 17.2. The number of ketones is 1. The Labute approximate surface area is 170 Å². The predicted octanol–water partition coefficient (Wildman–Crippen LogP) is 2.82. The van der Waals surface area contributed by atoms with Crippen molar-refractivity contribution >= 4 is 21.8 Å². The van der Waals surface area contributed by atoms with Gasteiger partial charge in [-0.25, -0.2) is 12.8 Å². The summed E-state index contributed by atoms with van der Waals surface area (Å²) in [7, 11) is -4.00. The van der Waals surface area contributed by atoms with E-state index in [2.05, 4.69) is 4.72 Å². The van der Waals surface area contributed by atoms with Crippen molar-refractivity contribution in [2.24, 2.45) is 23.2 Å². The number of rotatable bonds is 7. The summed E-state index contributed by atoms with van der Waals surface area (Å²) in [6, 6.07) is 3.14. The van der Waals surface area contributed by atoms with Crippen LogP contribution in [0.1, 0.15) is 45.4 Å². The number of benzene rings is 1. The van der Waals surface area contributed by atoms with Crippen LogP contribution in [0.15, 0.2) is 29.2 Å². The largest absolute Gasteiger partial charge is 0.456 e. The quantitative estimate of drug-likeness (QED) is 0.681. The summed E-state index contributed by atoms with van der Waals surface area (Å²) in [6.45, 7) is 1.05. The minimum atomic E-state index is -4.00. The molecule has 1 aromatic carbocycles. The number of carbonyl (C=O) groups is 2. The van der Waals surface area contributed by atoms with Crippen molar-refractivity contribution in [2.45, 2.75) is 56.4 Å². The maximum Gasteiger partial charge on any atom is 0.324 e. The molecule has 6 nitrogen and oxygen atoms in total. The minimum Gasteiger partial charge on any atom is -0.456 e. The molecule has 0 amide bonds. The van der Waals surface area contributed by atoms with Gasteiger partial charge in [-0.1, -0.05) is 0 Å². The standard InChI is InChI=1S/C21H26FNO5S/c1-13(23-29(26,27)18-4-2-17(22)3-5-18)20(25)28-12-19(24)21-9-14-6-15(10-21)8-16(7-14)11-21/h2-5,13-16,23H,6-12H2,1H3/t13-,14?,15?,16?,21?/m0/s1. The summed E-state index contributed by atoms with van der Waals surface area (Å²) in [4.78, 5) is 25.0. The average molecular weight is 424 g/mol. The second-order valence-corrected chi connectivity index (χ2v) is 10.7. The normalized spacial score (nSPS) is 31.4. The lowest BCUT2D eigenvalue weighted by Gasteiger charge is -2.55. The number of ether oxygens (including phenoxy) is 1. The van der Waals surface area contributed by atoms with Gasteiger partial charge in [-0.3, -0.25) is 9.59 Å². The Hall–Kier alpha value is -1.80. The van der Waals surface area contributed by atoms with E-state index in [9.17, 15) is 22.4 Å². The number of carbonyl (C=O) groups excluding carboxylic acids is 2. The number of esters is 1. The minimum absolute atomic E-state index is 0.0291. The highest BCUT2D eigenvalue weighted by molar-refractivity contribution is 7.89. The van der Waals surface area contributed by atoms with Crippen LogP contribution in [0, 0.1) is 29.0 Å². The highest BCUT2D eigenvalue weighted by Crippen LogP contribution is 2.60. The van der Waals surface area contributed by atoms with Gasteiger partial charge < -0.3 is 4.74 Å². The van der Waals surface area contributed by atoms with E-state index in [0.717, 1.165) is 43.5 Å². The molecule has 0 saturated heterocycles. The number of nitrogens with one attached hydrogen (secondary N) is 1. The van der Waals surface area contributed by atoms with Gasteiger partial charge in [-0.15, -0.1) is 0 Å². The highest BCUT2D eigenvalue weighted by atomic mass is 32.2. The van der Waals surface area contributed by atoms with E-state index in [1.807, 2.05) is 0 Å². The van der Waals surface area contributed by atoms with Crippen LogP contribution in [0.3, 0.4) is 0 Å².